The highest BCUT2D eigenvalue weighted by Crippen LogP contribution is 2.00. The first-order chi connectivity index (χ1) is 9.02. The molecule has 0 spiro atoms. The standard InChI is InChI=1S/C13H20N4O2/c1-9(2)7-16-12(18)8-17-13(19)10-3-4-15-11(5-10)6-14/h3-5,9H,6-8,14H2,1-2H3,(H,16,18)(H,17,19). The van der Waals surface area contributed by atoms with Crippen molar-refractivity contribution in [3.05, 3.63) is 29.6 Å². The van der Waals surface area contributed by atoms with Gasteiger partial charge in [-0.15, -0.1) is 0 Å². The first kappa shape index (κ1) is 15.1. The Kier molecular flexibility index (Phi) is 5.95. The molecule has 0 fully saturated rings. The van der Waals surface area contributed by atoms with E-state index in [9.17, 15) is 9.59 Å². The van der Waals surface area contributed by atoms with Crippen molar-refractivity contribution >= 4 is 11.8 Å². The summed E-state index contributed by atoms with van der Waals surface area (Å²) in [6, 6.07) is 3.20. The summed E-state index contributed by atoms with van der Waals surface area (Å²) in [5.41, 5.74) is 6.54. The number of nitrogens with zero attached hydrogens (tertiary/aromatic N) is 1. The Balaban J connectivity index is 2.44. The highest BCUT2D eigenvalue weighted by atomic mass is 16.2. The molecule has 6 nitrogen and oxygen atoms in total. The van der Waals surface area contributed by atoms with Crippen LogP contribution >= 0.6 is 0 Å². The highest BCUT2D eigenvalue weighted by molar-refractivity contribution is 5.96. The van der Waals surface area contributed by atoms with E-state index in [1.807, 2.05) is 13.8 Å². The van der Waals surface area contributed by atoms with E-state index in [0.717, 1.165) is 0 Å². The van der Waals surface area contributed by atoms with Gasteiger partial charge in [-0.3, -0.25) is 14.6 Å². The van der Waals surface area contributed by atoms with E-state index in [4.69, 9.17) is 5.73 Å². The van der Waals surface area contributed by atoms with Crippen molar-refractivity contribution in [2.24, 2.45) is 11.7 Å². The molecule has 19 heavy (non-hydrogen) atoms. The molecule has 0 saturated heterocycles. The Morgan fingerprint density at radius 2 is 2.11 bits per heavy atom. The van der Waals surface area contributed by atoms with Crippen molar-refractivity contribution in [1.82, 2.24) is 15.6 Å². The van der Waals surface area contributed by atoms with Crippen molar-refractivity contribution in [2.45, 2.75) is 20.4 Å². The summed E-state index contributed by atoms with van der Waals surface area (Å²) >= 11 is 0. The zero-order chi connectivity index (χ0) is 14.3. The third kappa shape index (κ3) is 5.48. The number of nitrogens with two attached hydrogens (primary N) is 1. The van der Waals surface area contributed by atoms with Gasteiger partial charge in [0.25, 0.3) is 5.91 Å². The van der Waals surface area contributed by atoms with Gasteiger partial charge < -0.3 is 16.4 Å². The minimum Gasteiger partial charge on any atom is -0.354 e. The number of amides is 2. The van der Waals surface area contributed by atoms with E-state index in [1.54, 1.807) is 12.1 Å². The first-order valence-corrected chi connectivity index (χ1v) is 6.22. The molecule has 0 unspecified atom stereocenters. The molecule has 0 aliphatic rings. The molecule has 0 aliphatic heterocycles. The molecule has 1 heterocycles. The number of hydrogen-bond donors (Lipinski definition) is 3. The van der Waals surface area contributed by atoms with E-state index in [1.165, 1.54) is 6.20 Å². The van der Waals surface area contributed by atoms with Crippen LogP contribution in [0.3, 0.4) is 0 Å². The van der Waals surface area contributed by atoms with Crippen LogP contribution in [0.15, 0.2) is 18.3 Å². The molecule has 0 bridgehead atoms. The van der Waals surface area contributed by atoms with Crippen molar-refractivity contribution in [2.75, 3.05) is 13.1 Å². The second-order valence-corrected chi connectivity index (χ2v) is 4.62. The average molecular weight is 264 g/mol. The van der Waals surface area contributed by atoms with Crippen LogP contribution in [0.5, 0.6) is 0 Å². The van der Waals surface area contributed by atoms with Gasteiger partial charge in [0.15, 0.2) is 0 Å². The molecular formula is C13H20N4O2. The summed E-state index contributed by atoms with van der Waals surface area (Å²) < 4.78 is 0. The van der Waals surface area contributed by atoms with Gasteiger partial charge in [0.05, 0.1) is 12.2 Å². The Morgan fingerprint density at radius 3 is 2.74 bits per heavy atom. The number of carbonyl (C=O) groups excluding carboxylic acids is 2. The largest absolute Gasteiger partial charge is 0.354 e. The van der Waals surface area contributed by atoms with Gasteiger partial charge in [0, 0.05) is 24.8 Å². The molecule has 0 radical (unpaired) electrons. The molecule has 0 aliphatic carbocycles. The zero-order valence-corrected chi connectivity index (χ0v) is 11.3. The van der Waals surface area contributed by atoms with Gasteiger partial charge in [0.2, 0.25) is 5.91 Å². The first-order valence-electron chi connectivity index (χ1n) is 6.22. The lowest BCUT2D eigenvalue weighted by Crippen LogP contribution is -2.38. The fourth-order valence-corrected chi connectivity index (χ4v) is 1.37. The third-order valence-electron chi connectivity index (χ3n) is 2.40. The lowest BCUT2D eigenvalue weighted by molar-refractivity contribution is -0.120. The van der Waals surface area contributed by atoms with Crippen LogP contribution in [0.1, 0.15) is 29.9 Å². The van der Waals surface area contributed by atoms with Crippen LogP contribution in [0.25, 0.3) is 0 Å². The summed E-state index contributed by atoms with van der Waals surface area (Å²) in [5.74, 6) is -0.126. The summed E-state index contributed by atoms with van der Waals surface area (Å²) in [6.45, 7) is 4.84. The average Bonchev–Trinajstić information content (AvgIpc) is 2.42. The molecule has 6 heteroatoms. The van der Waals surface area contributed by atoms with Gasteiger partial charge in [-0.05, 0) is 18.1 Å². The second-order valence-electron chi connectivity index (χ2n) is 4.62. The zero-order valence-electron chi connectivity index (χ0n) is 11.3. The highest BCUT2D eigenvalue weighted by Gasteiger charge is 2.08. The maximum Gasteiger partial charge on any atom is 0.251 e. The van der Waals surface area contributed by atoms with Crippen molar-refractivity contribution < 1.29 is 9.59 Å². The van der Waals surface area contributed by atoms with Crippen molar-refractivity contribution in [1.29, 1.82) is 0 Å². The molecule has 104 valence electrons. The maximum atomic E-state index is 11.8. The smallest absolute Gasteiger partial charge is 0.251 e. The minimum absolute atomic E-state index is 0.0359. The molecule has 1 rings (SSSR count). The van der Waals surface area contributed by atoms with E-state index in [2.05, 4.69) is 15.6 Å². The number of nitrogens with one attached hydrogen (secondary N) is 2. The summed E-state index contributed by atoms with van der Waals surface area (Å²) in [4.78, 5) is 27.2. The quantitative estimate of drug-likeness (QED) is 0.676. The van der Waals surface area contributed by atoms with Gasteiger partial charge >= 0.3 is 0 Å². The lowest BCUT2D eigenvalue weighted by atomic mass is 10.2. The molecule has 0 aromatic carbocycles. The second kappa shape index (κ2) is 7.48. The number of pyridine rings is 1. The van der Waals surface area contributed by atoms with Gasteiger partial charge in [-0.2, -0.15) is 0 Å². The number of hydrogen-bond acceptors (Lipinski definition) is 4. The minimum atomic E-state index is -0.309. The third-order valence-corrected chi connectivity index (χ3v) is 2.40. The van der Waals surface area contributed by atoms with Crippen molar-refractivity contribution in [3.63, 3.8) is 0 Å². The van der Waals surface area contributed by atoms with Crippen LogP contribution in [0.4, 0.5) is 0 Å². The Bertz CT molecular complexity index is 446. The fraction of sp³-hybridized carbons (Fsp3) is 0.462. The van der Waals surface area contributed by atoms with Gasteiger partial charge in [0.1, 0.15) is 0 Å². The predicted octanol–water partition coefficient (Wildman–Crippen LogP) is 0.0423. The monoisotopic (exact) mass is 264 g/mol. The van der Waals surface area contributed by atoms with Crippen molar-refractivity contribution in [3.8, 4) is 0 Å². The van der Waals surface area contributed by atoms with E-state index >= 15 is 0 Å². The van der Waals surface area contributed by atoms with Crippen LogP contribution in [0.2, 0.25) is 0 Å². The van der Waals surface area contributed by atoms with E-state index < -0.39 is 0 Å². The molecule has 4 N–H and O–H groups in total. The molecule has 1 aromatic heterocycles. The Labute approximate surface area is 112 Å². The number of aromatic nitrogens is 1. The topological polar surface area (TPSA) is 97.1 Å². The summed E-state index contributed by atoms with van der Waals surface area (Å²) in [6.07, 6.45) is 1.52. The fourth-order valence-electron chi connectivity index (χ4n) is 1.37. The number of carbonyl (C=O) groups is 2. The molecule has 2 amide bonds. The van der Waals surface area contributed by atoms with Crippen LogP contribution < -0.4 is 16.4 Å². The lowest BCUT2D eigenvalue weighted by Gasteiger charge is -2.09. The van der Waals surface area contributed by atoms with Gasteiger partial charge in [-0.25, -0.2) is 0 Å². The predicted molar refractivity (Wildman–Crippen MR) is 72.3 cm³/mol. The molecule has 1 aromatic rings. The molecule has 0 atom stereocenters. The molecule has 0 saturated carbocycles. The van der Waals surface area contributed by atoms with Crippen LogP contribution in [-0.2, 0) is 11.3 Å². The number of rotatable bonds is 6. The maximum absolute atomic E-state index is 11.8. The summed E-state index contributed by atoms with van der Waals surface area (Å²) in [5, 5.41) is 5.28. The van der Waals surface area contributed by atoms with E-state index in [0.29, 0.717) is 23.7 Å². The normalized spacial score (nSPS) is 10.3. The van der Waals surface area contributed by atoms with Crippen LogP contribution in [0, 0.1) is 5.92 Å². The van der Waals surface area contributed by atoms with Crippen LogP contribution in [-0.4, -0.2) is 29.9 Å². The molecular weight excluding hydrogens is 244 g/mol. The van der Waals surface area contributed by atoms with E-state index in [-0.39, 0.29) is 24.9 Å². The van der Waals surface area contributed by atoms with Gasteiger partial charge in [-0.1, -0.05) is 13.8 Å². The SMILES string of the molecule is CC(C)CNC(=O)CNC(=O)c1ccnc(CN)c1. The summed E-state index contributed by atoms with van der Waals surface area (Å²) in [7, 11) is 0. The Hall–Kier alpha value is -1.95. The Morgan fingerprint density at radius 1 is 1.37 bits per heavy atom.